The third kappa shape index (κ3) is 3.85. The summed E-state index contributed by atoms with van der Waals surface area (Å²) in [4.78, 5) is 36.5. The van der Waals surface area contributed by atoms with Crippen LogP contribution >= 0.6 is 0 Å². The molecule has 1 aliphatic rings. The van der Waals surface area contributed by atoms with Crippen LogP contribution in [0.15, 0.2) is 18.2 Å². The molecule has 7 nitrogen and oxygen atoms in total. The Bertz CT molecular complexity index is 633. The third-order valence-electron chi connectivity index (χ3n) is 3.95. The number of rotatable bonds is 3. The van der Waals surface area contributed by atoms with E-state index in [9.17, 15) is 19.7 Å². The molecular weight excluding hydrogens is 300 g/mol. The summed E-state index contributed by atoms with van der Waals surface area (Å²) in [5, 5.41) is 11.0. The molecule has 0 spiro atoms. The Labute approximate surface area is 134 Å². The number of amides is 1. The predicted molar refractivity (Wildman–Crippen MR) is 83.3 cm³/mol. The third-order valence-corrected chi connectivity index (χ3v) is 3.95. The standard InChI is InChI=1S/C16H20N2O5/c1-10-4-11(2)9-17(8-10)15(19)12-5-13(16(20)23-3)7-14(6-12)18(21)22/h5-7,10-11H,4,8-9H2,1-3H3/t10-,11-/m0/s1. The summed E-state index contributed by atoms with van der Waals surface area (Å²) in [6, 6.07) is 3.67. The maximum Gasteiger partial charge on any atom is 0.338 e. The Hall–Kier alpha value is -2.44. The maximum atomic E-state index is 12.7. The summed E-state index contributed by atoms with van der Waals surface area (Å²) in [5.41, 5.74) is -0.154. The molecule has 1 saturated heterocycles. The van der Waals surface area contributed by atoms with E-state index in [1.165, 1.54) is 19.2 Å². The van der Waals surface area contributed by atoms with E-state index in [2.05, 4.69) is 18.6 Å². The van der Waals surface area contributed by atoms with Crippen molar-refractivity contribution in [3.63, 3.8) is 0 Å². The molecule has 1 aromatic rings. The van der Waals surface area contributed by atoms with E-state index in [4.69, 9.17) is 0 Å². The molecule has 1 aromatic carbocycles. The Morgan fingerprint density at radius 3 is 2.26 bits per heavy atom. The molecule has 1 fully saturated rings. The van der Waals surface area contributed by atoms with E-state index in [1.54, 1.807) is 4.90 Å². The Balaban J connectivity index is 2.37. The second kappa shape index (κ2) is 6.76. The number of nitrogens with zero attached hydrogens (tertiary/aromatic N) is 2. The number of piperidine rings is 1. The van der Waals surface area contributed by atoms with Gasteiger partial charge in [-0.05, 0) is 24.3 Å². The fourth-order valence-corrected chi connectivity index (χ4v) is 3.09. The molecule has 1 heterocycles. The highest BCUT2D eigenvalue weighted by molar-refractivity contribution is 5.99. The van der Waals surface area contributed by atoms with Crippen molar-refractivity contribution >= 4 is 17.6 Å². The molecule has 0 saturated carbocycles. The highest BCUT2D eigenvalue weighted by atomic mass is 16.6. The number of nitro benzene ring substituents is 1. The zero-order valence-corrected chi connectivity index (χ0v) is 13.4. The van der Waals surface area contributed by atoms with Gasteiger partial charge in [-0.3, -0.25) is 14.9 Å². The van der Waals surface area contributed by atoms with Crippen molar-refractivity contribution in [3.8, 4) is 0 Å². The Kier molecular flexibility index (Phi) is 4.98. The molecule has 0 unspecified atom stereocenters. The molecular formula is C16H20N2O5. The van der Waals surface area contributed by atoms with Crippen molar-refractivity contribution in [3.05, 3.63) is 39.4 Å². The van der Waals surface area contributed by atoms with Crippen LogP contribution in [0.1, 0.15) is 41.0 Å². The lowest BCUT2D eigenvalue weighted by Gasteiger charge is -2.35. The highest BCUT2D eigenvalue weighted by Gasteiger charge is 2.28. The molecule has 2 rings (SSSR count). The number of methoxy groups -OCH3 is 1. The van der Waals surface area contributed by atoms with Crippen LogP contribution in [0, 0.1) is 22.0 Å². The number of likely N-dealkylation sites (tertiary alicyclic amines) is 1. The first-order chi connectivity index (χ1) is 10.8. The van der Waals surface area contributed by atoms with Crippen LogP contribution in [0.3, 0.4) is 0 Å². The van der Waals surface area contributed by atoms with Gasteiger partial charge in [0.05, 0.1) is 17.6 Å². The Morgan fingerprint density at radius 1 is 1.17 bits per heavy atom. The molecule has 1 aliphatic heterocycles. The molecule has 124 valence electrons. The second-order valence-corrected chi connectivity index (χ2v) is 6.17. The van der Waals surface area contributed by atoms with Gasteiger partial charge in [0.1, 0.15) is 0 Å². The average Bonchev–Trinajstić information content (AvgIpc) is 2.51. The van der Waals surface area contributed by atoms with Gasteiger partial charge in [0.25, 0.3) is 11.6 Å². The van der Waals surface area contributed by atoms with Crippen LogP contribution in [0.2, 0.25) is 0 Å². The van der Waals surface area contributed by atoms with Crippen molar-refractivity contribution in [2.45, 2.75) is 20.3 Å². The number of carbonyl (C=O) groups excluding carboxylic acids is 2. The first-order valence-electron chi connectivity index (χ1n) is 7.49. The van der Waals surface area contributed by atoms with Crippen LogP contribution in [0.5, 0.6) is 0 Å². The minimum Gasteiger partial charge on any atom is -0.465 e. The number of nitro groups is 1. The van der Waals surface area contributed by atoms with Crippen LogP contribution in [0.25, 0.3) is 0 Å². The van der Waals surface area contributed by atoms with E-state index in [1.807, 2.05) is 0 Å². The number of benzene rings is 1. The molecule has 0 aliphatic carbocycles. The van der Waals surface area contributed by atoms with Crippen LogP contribution < -0.4 is 0 Å². The van der Waals surface area contributed by atoms with Gasteiger partial charge in [-0.2, -0.15) is 0 Å². The van der Waals surface area contributed by atoms with Crippen LogP contribution in [0.4, 0.5) is 5.69 Å². The van der Waals surface area contributed by atoms with E-state index in [0.717, 1.165) is 12.5 Å². The van der Waals surface area contributed by atoms with Gasteiger partial charge in [0.15, 0.2) is 0 Å². The molecule has 7 heteroatoms. The van der Waals surface area contributed by atoms with Gasteiger partial charge in [-0.25, -0.2) is 4.79 Å². The zero-order chi connectivity index (χ0) is 17.1. The van der Waals surface area contributed by atoms with E-state index >= 15 is 0 Å². The fourth-order valence-electron chi connectivity index (χ4n) is 3.09. The summed E-state index contributed by atoms with van der Waals surface area (Å²) < 4.78 is 4.60. The number of hydrogen-bond acceptors (Lipinski definition) is 5. The highest BCUT2D eigenvalue weighted by Crippen LogP contribution is 2.24. The monoisotopic (exact) mass is 320 g/mol. The molecule has 2 atom stereocenters. The quantitative estimate of drug-likeness (QED) is 0.485. The number of non-ortho nitro benzene ring substituents is 1. The van der Waals surface area contributed by atoms with Crippen LogP contribution in [-0.4, -0.2) is 41.9 Å². The largest absolute Gasteiger partial charge is 0.465 e. The predicted octanol–water partition coefficient (Wildman–Crippen LogP) is 2.50. The summed E-state index contributed by atoms with van der Waals surface area (Å²) in [6.07, 6.45) is 1.05. The topological polar surface area (TPSA) is 89.8 Å². The molecule has 1 amide bonds. The lowest BCUT2D eigenvalue weighted by atomic mass is 9.91. The van der Waals surface area contributed by atoms with Gasteiger partial charge < -0.3 is 9.64 Å². The molecule has 0 N–H and O–H groups in total. The van der Waals surface area contributed by atoms with Gasteiger partial charge in [0.2, 0.25) is 0 Å². The Morgan fingerprint density at radius 2 is 1.74 bits per heavy atom. The lowest BCUT2D eigenvalue weighted by Crippen LogP contribution is -2.42. The van der Waals surface area contributed by atoms with Crippen molar-refractivity contribution in [2.75, 3.05) is 20.2 Å². The molecule has 0 bridgehead atoms. The number of ether oxygens (including phenoxy) is 1. The van der Waals surface area contributed by atoms with E-state index in [-0.39, 0.29) is 22.7 Å². The average molecular weight is 320 g/mol. The van der Waals surface area contributed by atoms with Crippen molar-refractivity contribution < 1.29 is 19.2 Å². The molecule has 0 aromatic heterocycles. The number of hydrogen-bond donors (Lipinski definition) is 0. The van der Waals surface area contributed by atoms with Crippen molar-refractivity contribution in [2.24, 2.45) is 11.8 Å². The normalized spacial score (nSPS) is 20.9. The maximum absolute atomic E-state index is 12.7. The first-order valence-corrected chi connectivity index (χ1v) is 7.49. The van der Waals surface area contributed by atoms with Gasteiger partial charge >= 0.3 is 5.97 Å². The van der Waals surface area contributed by atoms with E-state index in [0.29, 0.717) is 24.9 Å². The van der Waals surface area contributed by atoms with Crippen LogP contribution in [-0.2, 0) is 4.74 Å². The minimum atomic E-state index is -0.705. The smallest absolute Gasteiger partial charge is 0.338 e. The summed E-state index contributed by atoms with van der Waals surface area (Å²) in [6.45, 7) is 5.37. The second-order valence-electron chi connectivity index (χ2n) is 6.17. The van der Waals surface area contributed by atoms with Gasteiger partial charge in [-0.1, -0.05) is 13.8 Å². The summed E-state index contributed by atoms with van der Waals surface area (Å²) in [7, 11) is 1.19. The minimum absolute atomic E-state index is 0.00292. The van der Waals surface area contributed by atoms with Gasteiger partial charge in [0, 0.05) is 30.8 Å². The SMILES string of the molecule is COC(=O)c1cc(C(=O)N2C[C@@H](C)C[C@H](C)C2)cc([N+](=O)[O-])c1. The lowest BCUT2D eigenvalue weighted by molar-refractivity contribution is -0.384. The molecule has 0 radical (unpaired) electrons. The number of esters is 1. The summed E-state index contributed by atoms with van der Waals surface area (Å²) >= 11 is 0. The van der Waals surface area contributed by atoms with E-state index < -0.39 is 10.9 Å². The van der Waals surface area contributed by atoms with Gasteiger partial charge in [-0.15, -0.1) is 0 Å². The zero-order valence-electron chi connectivity index (χ0n) is 13.4. The number of carbonyl (C=O) groups is 2. The first kappa shape index (κ1) is 16.9. The molecule has 23 heavy (non-hydrogen) atoms. The van der Waals surface area contributed by atoms with Crippen molar-refractivity contribution in [1.29, 1.82) is 0 Å². The summed E-state index contributed by atoms with van der Waals surface area (Å²) in [5.74, 6) is -0.247. The fraction of sp³-hybridized carbons (Fsp3) is 0.500. The van der Waals surface area contributed by atoms with Crippen molar-refractivity contribution in [1.82, 2.24) is 4.90 Å².